The highest BCUT2D eigenvalue weighted by Gasteiger charge is 2.50. The Morgan fingerprint density at radius 2 is 1.83 bits per heavy atom. The number of aromatic nitrogens is 1. The molecule has 3 rings (SSSR count). The summed E-state index contributed by atoms with van der Waals surface area (Å²) in [5.74, 6) is -3.76. The maximum atomic E-state index is 13.0. The van der Waals surface area contributed by atoms with Crippen molar-refractivity contribution >= 4 is 28.1 Å². The molecule has 2 aliphatic carbocycles. The maximum absolute atomic E-state index is 13.0. The Balaban J connectivity index is 1.90. The number of fused-ring (bicyclic) bond motifs is 2. The van der Waals surface area contributed by atoms with Gasteiger partial charge in [0.25, 0.3) is 0 Å². The monoisotopic (exact) mass is 431 g/mol. The van der Waals surface area contributed by atoms with Crippen LogP contribution < -0.4 is 0 Å². The molecule has 158 valence electrons. The molecule has 6 nitrogen and oxygen atoms in total. The highest BCUT2D eigenvalue weighted by Crippen LogP contribution is 2.41. The number of carbonyl (C=O) groups is 3. The van der Waals surface area contributed by atoms with Gasteiger partial charge in [-0.3, -0.25) is 18.6 Å². The van der Waals surface area contributed by atoms with Crippen LogP contribution in [0.4, 0.5) is 13.2 Å². The molecule has 2 bridgehead atoms. The van der Waals surface area contributed by atoms with E-state index < -0.39 is 52.5 Å². The Labute approximate surface area is 167 Å². The number of hydrogen-bond acceptors (Lipinski definition) is 6. The number of rotatable bonds is 7. The summed E-state index contributed by atoms with van der Waals surface area (Å²) < 4.78 is 55.5. The molecule has 0 saturated heterocycles. The summed E-state index contributed by atoms with van der Waals surface area (Å²) in [5.41, 5.74) is -1.71. The zero-order chi connectivity index (χ0) is 21.3. The molecule has 2 fully saturated rings. The number of ketones is 3. The number of hydrogen-bond donors (Lipinski definition) is 0. The molecule has 0 N–H and O–H groups in total. The molecule has 2 saturated carbocycles. The van der Waals surface area contributed by atoms with Crippen LogP contribution in [0.1, 0.15) is 41.0 Å². The van der Waals surface area contributed by atoms with Gasteiger partial charge < -0.3 is 4.74 Å². The molecule has 1 aromatic rings. The van der Waals surface area contributed by atoms with Gasteiger partial charge in [0.05, 0.1) is 18.9 Å². The normalized spacial score (nSPS) is 25.3. The van der Waals surface area contributed by atoms with Crippen LogP contribution in [-0.4, -0.2) is 45.2 Å². The van der Waals surface area contributed by atoms with Gasteiger partial charge in [-0.05, 0) is 31.4 Å². The molecule has 3 atom stereocenters. The molecule has 0 spiro atoms. The van der Waals surface area contributed by atoms with Crippen molar-refractivity contribution in [2.24, 2.45) is 17.8 Å². The van der Waals surface area contributed by atoms with E-state index in [1.165, 1.54) is 6.26 Å². The molecule has 0 aliphatic heterocycles. The van der Waals surface area contributed by atoms with Crippen molar-refractivity contribution in [1.29, 1.82) is 0 Å². The van der Waals surface area contributed by atoms with Crippen molar-refractivity contribution in [2.45, 2.75) is 32.0 Å². The van der Waals surface area contributed by atoms with E-state index in [0.717, 1.165) is 6.07 Å². The SMILES string of the molecule is CS(=O)CCOCc1nc(C(F)(F)F)ccc1C(=O)C1C(=O)C2CCC(C2)C1=O. The number of nitrogens with zero attached hydrogens (tertiary/aromatic N) is 1. The first kappa shape index (κ1) is 21.8. The number of Topliss-reactive ketones (excluding diaryl/α,β-unsaturated/α-hetero) is 3. The summed E-state index contributed by atoms with van der Waals surface area (Å²) in [4.78, 5) is 41.7. The Bertz CT molecular complexity index is 848. The number of alkyl halides is 3. The lowest BCUT2D eigenvalue weighted by molar-refractivity contribution is -0.141. The third kappa shape index (κ3) is 4.63. The third-order valence-corrected chi connectivity index (χ3v) is 6.09. The fourth-order valence-electron chi connectivity index (χ4n) is 3.86. The van der Waals surface area contributed by atoms with Gasteiger partial charge in [0.15, 0.2) is 17.3 Å². The lowest BCUT2D eigenvalue weighted by Gasteiger charge is -2.25. The summed E-state index contributed by atoms with van der Waals surface area (Å²) in [7, 11) is -1.15. The smallest absolute Gasteiger partial charge is 0.374 e. The predicted octanol–water partition coefficient (Wildman–Crippen LogP) is 2.36. The standard InChI is InChI=1S/C19H20F3NO5S/c1-29(27)7-6-28-9-13-12(4-5-14(23-13)19(20,21)22)18(26)15-16(24)10-2-3-11(8-10)17(15)25/h4-5,10-11,15H,2-3,6-9H2,1H3. The van der Waals surface area contributed by atoms with Crippen LogP contribution in [-0.2, 0) is 37.9 Å². The zero-order valence-electron chi connectivity index (χ0n) is 15.7. The lowest BCUT2D eigenvalue weighted by Crippen LogP contribution is -2.42. The summed E-state index contributed by atoms with van der Waals surface area (Å²) in [6, 6.07) is 1.61. The second-order valence-corrected chi connectivity index (χ2v) is 8.88. The van der Waals surface area contributed by atoms with E-state index in [1.807, 2.05) is 0 Å². The molecule has 2 aliphatic rings. The predicted molar refractivity (Wildman–Crippen MR) is 96.5 cm³/mol. The van der Waals surface area contributed by atoms with E-state index >= 15 is 0 Å². The molecule has 1 aromatic heterocycles. The fraction of sp³-hybridized carbons (Fsp3) is 0.579. The molecule has 0 aromatic carbocycles. The van der Waals surface area contributed by atoms with Crippen LogP contribution in [0.5, 0.6) is 0 Å². The van der Waals surface area contributed by atoms with Gasteiger partial charge in [0.1, 0.15) is 11.6 Å². The Kier molecular flexibility index (Phi) is 6.33. The largest absolute Gasteiger partial charge is 0.433 e. The number of halogens is 3. The van der Waals surface area contributed by atoms with E-state index in [0.29, 0.717) is 25.3 Å². The molecule has 0 radical (unpaired) electrons. The minimum atomic E-state index is -4.73. The Morgan fingerprint density at radius 3 is 2.38 bits per heavy atom. The quantitative estimate of drug-likeness (QED) is 0.374. The van der Waals surface area contributed by atoms with Gasteiger partial charge in [-0.2, -0.15) is 13.2 Å². The highest BCUT2D eigenvalue weighted by atomic mass is 32.2. The molecule has 29 heavy (non-hydrogen) atoms. The van der Waals surface area contributed by atoms with Crippen LogP contribution in [0.3, 0.4) is 0 Å². The van der Waals surface area contributed by atoms with E-state index in [2.05, 4.69) is 4.98 Å². The van der Waals surface area contributed by atoms with Crippen LogP contribution >= 0.6 is 0 Å². The first-order chi connectivity index (χ1) is 13.6. The van der Waals surface area contributed by atoms with E-state index in [4.69, 9.17) is 4.74 Å². The molecule has 3 unspecified atom stereocenters. The number of ether oxygens (including phenoxy) is 1. The van der Waals surface area contributed by atoms with E-state index in [-0.39, 0.29) is 35.5 Å². The third-order valence-electron chi connectivity index (χ3n) is 5.35. The van der Waals surface area contributed by atoms with Crippen LogP contribution in [0.15, 0.2) is 12.1 Å². The summed E-state index contributed by atoms with van der Waals surface area (Å²) in [6.07, 6.45) is -1.73. The molecule has 10 heteroatoms. The van der Waals surface area contributed by atoms with Gasteiger partial charge in [0.2, 0.25) is 0 Å². The van der Waals surface area contributed by atoms with Gasteiger partial charge in [0, 0.05) is 40.2 Å². The van der Waals surface area contributed by atoms with Crippen molar-refractivity contribution in [3.63, 3.8) is 0 Å². The van der Waals surface area contributed by atoms with Crippen molar-refractivity contribution in [3.8, 4) is 0 Å². The van der Waals surface area contributed by atoms with E-state index in [9.17, 15) is 31.8 Å². The number of pyridine rings is 1. The van der Waals surface area contributed by atoms with Crippen molar-refractivity contribution < 1.29 is 36.5 Å². The first-order valence-electron chi connectivity index (χ1n) is 9.16. The second-order valence-electron chi connectivity index (χ2n) is 7.33. The van der Waals surface area contributed by atoms with Crippen LogP contribution in [0.25, 0.3) is 0 Å². The second kappa shape index (κ2) is 8.43. The average Bonchev–Trinajstić information content (AvgIpc) is 3.10. The minimum Gasteiger partial charge on any atom is -0.374 e. The average molecular weight is 431 g/mol. The Hall–Kier alpha value is -1.94. The first-order valence-corrected chi connectivity index (χ1v) is 10.9. The fourth-order valence-corrected chi connectivity index (χ4v) is 4.22. The van der Waals surface area contributed by atoms with Crippen LogP contribution in [0.2, 0.25) is 0 Å². The minimum absolute atomic E-state index is 0.000104. The topological polar surface area (TPSA) is 90.4 Å². The van der Waals surface area contributed by atoms with Gasteiger partial charge in [-0.1, -0.05) is 0 Å². The molecule has 1 heterocycles. The van der Waals surface area contributed by atoms with Crippen LogP contribution in [0, 0.1) is 17.8 Å². The number of carbonyl (C=O) groups excluding carboxylic acids is 3. The Morgan fingerprint density at radius 1 is 1.21 bits per heavy atom. The zero-order valence-corrected chi connectivity index (χ0v) is 16.5. The molecule has 0 amide bonds. The van der Waals surface area contributed by atoms with Gasteiger partial charge in [-0.15, -0.1) is 0 Å². The van der Waals surface area contributed by atoms with Crippen molar-refractivity contribution in [1.82, 2.24) is 4.98 Å². The van der Waals surface area contributed by atoms with Crippen molar-refractivity contribution in [2.75, 3.05) is 18.6 Å². The summed E-state index contributed by atoms with van der Waals surface area (Å²) in [5, 5.41) is 0. The maximum Gasteiger partial charge on any atom is 0.433 e. The lowest BCUT2D eigenvalue weighted by atomic mass is 9.75. The van der Waals surface area contributed by atoms with E-state index in [1.54, 1.807) is 0 Å². The molecular weight excluding hydrogens is 411 g/mol. The molecular formula is C19H20F3NO5S. The van der Waals surface area contributed by atoms with Gasteiger partial charge >= 0.3 is 6.18 Å². The summed E-state index contributed by atoms with van der Waals surface area (Å²) in [6.45, 7) is -0.426. The van der Waals surface area contributed by atoms with Gasteiger partial charge in [-0.25, -0.2) is 4.98 Å². The summed E-state index contributed by atoms with van der Waals surface area (Å²) >= 11 is 0. The van der Waals surface area contributed by atoms with Crippen molar-refractivity contribution in [3.05, 3.63) is 29.1 Å². The highest BCUT2D eigenvalue weighted by molar-refractivity contribution is 7.84.